The van der Waals surface area contributed by atoms with Crippen molar-refractivity contribution in [2.24, 2.45) is 0 Å². The van der Waals surface area contributed by atoms with Gasteiger partial charge in [-0.15, -0.1) is 11.3 Å². The van der Waals surface area contributed by atoms with Crippen LogP contribution in [0.1, 0.15) is 64.3 Å². The Bertz CT molecular complexity index is 936. The van der Waals surface area contributed by atoms with Gasteiger partial charge in [0.05, 0.1) is 17.7 Å². The molecule has 7 nitrogen and oxygen atoms in total. The molecule has 3 rings (SSSR count). The summed E-state index contributed by atoms with van der Waals surface area (Å²) in [6.07, 6.45) is 3.80. The predicted octanol–water partition coefficient (Wildman–Crippen LogP) is 3.96. The maximum absolute atomic E-state index is 12.7. The van der Waals surface area contributed by atoms with Crippen LogP contribution < -0.4 is 11.1 Å². The SMILES string of the molecule is CCOC(=O)c1c(NC(=O)C(C)OC(=O)c2ccc(N)cc2)sc2c1CCCCC2. The number of nitrogens with one attached hydrogen (secondary N) is 1. The second-order valence-electron chi connectivity index (χ2n) is 7.15. The van der Waals surface area contributed by atoms with Crippen molar-refractivity contribution >= 4 is 39.9 Å². The molecule has 1 unspecified atom stereocenters. The first-order valence-electron chi connectivity index (χ1n) is 10.1. The monoisotopic (exact) mass is 430 g/mol. The Morgan fingerprint density at radius 1 is 1.10 bits per heavy atom. The number of esters is 2. The molecule has 0 saturated heterocycles. The number of rotatable bonds is 6. The van der Waals surface area contributed by atoms with Crippen LogP contribution in [0, 0.1) is 0 Å². The Morgan fingerprint density at radius 3 is 2.50 bits per heavy atom. The zero-order valence-electron chi connectivity index (χ0n) is 17.2. The highest BCUT2D eigenvalue weighted by molar-refractivity contribution is 7.17. The molecule has 1 aromatic heterocycles. The fourth-order valence-corrected chi connectivity index (χ4v) is 4.65. The summed E-state index contributed by atoms with van der Waals surface area (Å²) in [7, 11) is 0. The van der Waals surface area contributed by atoms with Gasteiger partial charge in [-0.1, -0.05) is 6.42 Å². The van der Waals surface area contributed by atoms with Crippen LogP contribution in [0.4, 0.5) is 10.7 Å². The van der Waals surface area contributed by atoms with E-state index in [-0.39, 0.29) is 6.61 Å². The van der Waals surface area contributed by atoms with E-state index in [1.807, 2.05) is 0 Å². The summed E-state index contributed by atoms with van der Waals surface area (Å²) in [6, 6.07) is 6.26. The van der Waals surface area contributed by atoms with Crippen LogP contribution in [0.25, 0.3) is 0 Å². The third kappa shape index (κ3) is 4.99. The lowest BCUT2D eigenvalue weighted by molar-refractivity contribution is -0.123. The Hall–Kier alpha value is -2.87. The predicted molar refractivity (Wildman–Crippen MR) is 116 cm³/mol. The second-order valence-corrected chi connectivity index (χ2v) is 8.25. The molecule has 1 aromatic carbocycles. The first-order valence-corrected chi connectivity index (χ1v) is 10.9. The highest BCUT2D eigenvalue weighted by Crippen LogP contribution is 2.38. The van der Waals surface area contributed by atoms with Crippen LogP contribution in [0.2, 0.25) is 0 Å². The summed E-state index contributed by atoms with van der Waals surface area (Å²) in [6.45, 7) is 3.50. The molecule has 1 heterocycles. The summed E-state index contributed by atoms with van der Waals surface area (Å²) < 4.78 is 10.5. The van der Waals surface area contributed by atoms with Crippen LogP contribution in [0.5, 0.6) is 0 Å². The summed E-state index contributed by atoms with van der Waals surface area (Å²) >= 11 is 1.40. The van der Waals surface area contributed by atoms with Crippen molar-refractivity contribution in [1.82, 2.24) is 0 Å². The van der Waals surface area contributed by atoms with Crippen LogP contribution in [0.15, 0.2) is 24.3 Å². The quantitative estimate of drug-likeness (QED) is 0.408. The van der Waals surface area contributed by atoms with Gasteiger partial charge in [0.25, 0.3) is 5.91 Å². The first-order chi connectivity index (χ1) is 14.4. The first kappa shape index (κ1) is 21.8. The van der Waals surface area contributed by atoms with E-state index in [1.54, 1.807) is 19.1 Å². The molecule has 0 saturated carbocycles. The number of nitrogen functional groups attached to an aromatic ring is 1. The number of carbonyl (C=O) groups excluding carboxylic acids is 3. The van der Waals surface area contributed by atoms with E-state index in [0.29, 0.717) is 21.8 Å². The Morgan fingerprint density at radius 2 is 1.80 bits per heavy atom. The van der Waals surface area contributed by atoms with Crippen LogP contribution in [-0.2, 0) is 27.1 Å². The van der Waals surface area contributed by atoms with Crippen LogP contribution in [-0.4, -0.2) is 30.6 Å². The molecule has 30 heavy (non-hydrogen) atoms. The minimum atomic E-state index is -1.04. The number of carbonyl (C=O) groups is 3. The van der Waals surface area contributed by atoms with Gasteiger partial charge in [0.1, 0.15) is 5.00 Å². The molecule has 1 aliphatic carbocycles. The minimum Gasteiger partial charge on any atom is -0.462 e. The van der Waals surface area contributed by atoms with Gasteiger partial charge in [-0.2, -0.15) is 0 Å². The minimum absolute atomic E-state index is 0.256. The normalized spacial score (nSPS) is 14.2. The molecule has 8 heteroatoms. The second kappa shape index (κ2) is 9.75. The third-order valence-electron chi connectivity index (χ3n) is 4.94. The van der Waals surface area contributed by atoms with E-state index in [1.165, 1.54) is 30.4 Å². The van der Waals surface area contributed by atoms with Crippen molar-refractivity contribution < 1.29 is 23.9 Å². The average Bonchev–Trinajstić information content (AvgIpc) is 2.89. The topological polar surface area (TPSA) is 108 Å². The Labute approximate surface area is 179 Å². The molecule has 3 N–H and O–H groups in total. The van der Waals surface area contributed by atoms with Gasteiger partial charge >= 0.3 is 11.9 Å². The van der Waals surface area contributed by atoms with Gasteiger partial charge in [0, 0.05) is 10.6 Å². The molecule has 0 fully saturated rings. The van der Waals surface area contributed by atoms with E-state index in [4.69, 9.17) is 15.2 Å². The van der Waals surface area contributed by atoms with Crippen LogP contribution in [0.3, 0.4) is 0 Å². The molecule has 1 aliphatic rings. The third-order valence-corrected chi connectivity index (χ3v) is 6.14. The van der Waals surface area contributed by atoms with Gasteiger partial charge in [0.15, 0.2) is 6.10 Å². The maximum Gasteiger partial charge on any atom is 0.341 e. The number of hydrogen-bond acceptors (Lipinski definition) is 7. The summed E-state index contributed by atoms with van der Waals surface area (Å²) in [5.74, 6) is -1.55. The lowest BCUT2D eigenvalue weighted by atomic mass is 10.1. The maximum atomic E-state index is 12.7. The lowest BCUT2D eigenvalue weighted by Gasteiger charge is -2.14. The van der Waals surface area contributed by atoms with E-state index < -0.39 is 23.9 Å². The number of benzene rings is 1. The Balaban J connectivity index is 1.75. The van der Waals surface area contributed by atoms with Crippen molar-refractivity contribution in [3.8, 4) is 0 Å². The molecule has 1 atom stereocenters. The van der Waals surface area contributed by atoms with E-state index in [9.17, 15) is 14.4 Å². The van der Waals surface area contributed by atoms with Gasteiger partial charge in [-0.05, 0) is 69.4 Å². The highest BCUT2D eigenvalue weighted by atomic mass is 32.1. The molecule has 0 radical (unpaired) electrons. The van der Waals surface area contributed by atoms with E-state index in [2.05, 4.69) is 5.32 Å². The van der Waals surface area contributed by atoms with Crippen molar-refractivity contribution in [3.63, 3.8) is 0 Å². The van der Waals surface area contributed by atoms with Crippen molar-refractivity contribution in [3.05, 3.63) is 45.8 Å². The molecular weight excluding hydrogens is 404 g/mol. The summed E-state index contributed by atoms with van der Waals surface area (Å²) in [4.78, 5) is 38.7. The standard InChI is InChI=1S/C22H26N2O5S/c1-3-28-22(27)18-16-7-5-4-6-8-17(16)30-20(18)24-19(25)13(2)29-21(26)14-9-11-15(23)12-10-14/h9-13H,3-8,23H2,1-2H3,(H,24,25). The number of hydrogen-bond donors (Lipinski definition) is 2. The summed E-state index contributed by atoms with van der Waals surface area (Å²) in [5.41, 5.74) is 7.86. The summed E-state index contributed by atoms with van der Waals surface area (Å²) in [5, 5.41) is 3.23. The molecular formula is C22H26N2O5S. The fraction of sp³-hybridized carbons (Fsp3) is 0.409. The zero-order chi connectivity index (χ0) is 21.7. The fourth-order valence-electron chi connectivity index (χ4n) is 3.36. The number of fused-ring (bicyclic) bond motifs is 1. The van der Waals surface area contributed by atoms with Crippen molar-refractivity contribution in [1.29, 1.82) is 0 Å². The smallest absolute Gasteiger partial charge is 0.341 e. The number of anilines is 2. The highest BCUT2D eigenvalue weighted by Gasteiger charge is 2.28. The number of amides is 1. The molecule has 1 amide bonds. The molecule has 160 valence electrons. The van der Waals surface area contributed by atoms with Crippen LogP contribution >= 0.6 is 11.3 Å². The number of thiophene rings is 1. The van der Waals surface area contributed by atoms with Gasteiger partial charge in [-0.25, -0.2) is 9.59 Å². The van der Waals surface area contributed by atoms with Gasteiger partial charge < -0.3 is 20.5 Å². The number of nitrogens with two attached hydrogens (primary N) is 1. The van der Waals surface area contributed by atoms with Gasteiger partial charge in [-0.3, -0.25) is 4.79 Å². The van der Waals surface area contributed by atoms with E-state index >= 15 is 0 Å². The zero-order valence-corrected chi connectivity index (χ0v) is 18.0. The molecule has 0 aliphatic heterocycles. The van der Waals surface area contributed by atoms with E-state index in [0.717, 1.165) is 42.5 Å². The largest absolute Gasteiger partial charge is 0.462 e. The van der Waals surface area contributed by atoms with Crippen molar-refractivity contribution in [2.75, 3.05) is 17.7 Å². The lowest BCUT2D eigenvalue weighted by Crippen LogP contribution is -2.30. The number of ether oxygens (including phenoxy) is 2. The average molecular weight is 431 g/mol. The number of aryl methyl sites for hydroxylation is 1. The van der Waals surface area contributed by atoms with Crippen molar-refractivity contribution in [2.45, 2.75) is 52.1 Å². The van der Waals surface area contributed by atoms with Gasteiger partial charge in [0.2, 0.25) is 0 Å². The molecule has 0 bridgehead atoms. The molecule has 2 aromatic rings. The Kier molecular flexibility index (Phi) is 7.10. The molecule has 0 spiro atoms.